The number of benzene rings is 1. The molecule has 1 aliphatic heterocycles. The molecule has 1 fully saturated rings. The van der Waals surface area contributed by atoms with E-state index in [1.165, 1.54) is 5.56 Å². The summed E-state index contributed by atoms with van der Waals surface area (Å²) < 4.78 is 5.75. The molecule has 2 rings (SSSR count). The van der Waals surface area contributed by atoms with Gasteiger partial charge in [0.05, 0.1) is 6.10 Å². The predicted molar refractivity (Wildman–Crippen MR) is 54.5 cm³/mol. The molecule has 0 aromatic heterocycles. The van der Waals surface area contributed by atoms with Gasteiger partial charge in [0.25, 0.3) is 0 Å². The van der Waals surface area contributed by atoms with E-state index in [4.69, 9.17) is 4.65 Å². The largest absolute Gasteiger partial charge is 0.413 e. The van der Waals surface area contributed by atoms with Crippen molar-refractivity contribution in [1.29, 1.82) is 0 Å². The minimum Gasteiger partial charge on any atom is -0.413 e. The zero-order valence-corrected chi connectivity index (χ0v) is 8.03. The Balaban J connectivity index is 2.18. The average molecular weight is 175 g/mol. The molecule has 13 heavy (non-hydrogen) atoms. The highest BCUT2D eigenvalue weighted by Gasteiger charge is 2.32. The number of hydrogen-bond acceptors (Lipinski definition) is 2. The molecule has 0 spiro atoms. The van der Waals surface area contributed by atoms with Gasteiger partial charge in [-0.15, -0.1) is 0 Å². The van der Waals surface area contributed by atoms with E-state index in [0.29, 0.717) is 6.04 Å². The van der Waals surface area contributed by atoms with Gasteiger partial charge in [-0.25, -0.2) is 0 Å². The summed E-state index contributed by atoms with van der Waals surface area (Å²) in [6.45, 7) is 4.20. The van der Waals surface area contributed by atoms with Crippen molar-refractivity contribution in [2.75, 3.05) is 0 Å². The summed E-state index contributed by atoms with van der Waals surface area (Å²) in [4.78, 5) is 0. The first-order valence-electron chi connectivity index (χ1n) is 4.74. The smallest absolute Gasteiger partial charge is 0.377 e. The third-order valence-electron chi connectivity index (χ3n) is 2.43. The van der Waals surface area contributed by atoms with E-state index < -0.39 is 0 Å². The highest BCUT2D eigenvalue weighted by atomic mass is 16.5. The maximum atomic E-state index is 5.75. The van der Waals surface area contributed by atoms with Crippen LogP contribution in [0.5, 0.6) is 0 Å². The zero-order valence-electron chi connectivity index (χ0n) is 8.03. The van der Waals surface area contributed by atoms with E-state index in [1.54, 1.807) is 0 Å². The van der Waals surface area contributed by atoms with Crippen LogP contribution in [0.3, 0.4) is 0 Å². The van der Waals surface area contributed by atoms with Gasteiger partial charge in [-0.1, -0.05) is 30.3 Å². The van der Waals surface area contributed by atoms with Gasteiger partial charge >= 0.3 is 7.05 Å². The van der Waals surface area contributed by atoms with Crippen LogP contribution >= 0.6 is 0 Å². The van der Waals surface area contributed by atoms with E-state index in [2.05, 4.69) is 36.4 Å². The Morgan fingerprint density at radius 2 is 2.00 bits per heavy atom. The third-order valence-corrected chi connectivity index (χ3v) is 2.43. The summed E-state index contributed by atoms with van der Waals surface area (Å²) in [5, 5.41) is 3.34. The molecule has 2 nitrogen and oxygen atoms in total. The molecule has 68 valence electrons. The molecule has 1 N–H and O–H groups in total. The SMILES string of the molecule is CB1N[C@@H](C)[C@H](c2ccccc2)O1. The molecular weight excluding hydrogens is 161 g/mol. The lowest BCUT2D eigenvalue weighted by atomic mass is 9.89. The topological polar surface area (TPSA) is 21.3 Å². The van der Waals surface area contributed by atoms with Gasteiger partial charge in [-0.05, 0) is 19.3 Å². The lowest BCUT2D eigenvalue weighted by molar-refractivity contribution is 0.222. The zero-order chi connectivity index (χ0) is 9.26. The van der Waals surface area contributed by atoms with Crippen LogP contribution in [0.25, 0.3) is 0 Å². The standard InChI is InChI=1S/C10H14BNO/c1-8-10(13-11(2)12-8)9-6-4-3-5-7-9/h3-8,10,12H,1-2H3/t8-,10+/m0/s1. The maximum absolute atomic E-state index is 5.75. The lowest BCUT2D eigenvalue weighted by Gasteiger charge is -2.15. The average Bonchev–Trinajstić information content (AvgIpc) is 2.47. The van der Waals surface area contributed by atoms with E-state index >= 15 is 0 Å². The van der Waals surface area contributed by atoms with Gasteiger partial charge in [0.1, 0.15) is 0 Å². The Morgan fingerprint density at radius 1 is 1.31 bits per heavy atom. The van der Waals surface area contributed by atoms with Crippen LogP contribution in [0.2, 0.25) is 6.82 Å². The predicted octanol–water partition coefficient (Wildman–Crippen LogP) is 1.85. The second kappa shape index (κ2) is 3.52. The first kappa shape index (κ1) is 8.79. The molecule has 1 saturated heterocycles. The molecule has 1 aromatic carbocycles. The van der Waals surface area contributed by atoms with Crippen LogP contribution < -0.4 is 5.23 Å². The Bertz CT molecular complexity index is 278. The normalized spacial score (nSPS) is 28.0. The van der Waals surface area contributed by atoms with Crippen LogP contribution in [0.15, 0.2) is 30.3 Å². The van der Waals surface area contributed by atoms with Crippen LogP contribution in [0, 0.1) is 0 Å². The number of rotatable bonds is 1. The van der Waals surface area contributed by atoms with Crippen molar-refractivity contribution in [2.45, 2.75) is 25.9 Å². The van der Waals surface area contributed by atoms with Crippen LogP contribution in [0.4, 0.5) is 0 Å². The van der Waals surface area contributed by atoms with Crippen molar-refractivity contribution in [2.24, 2.45) is 0 Å². The molecular formula is C10H14BNO. The highest BCUT2D eigenvalue weighted by molar-refractivity contribution is 6.48. The molecule has 0 unspecified atom stereocenters. The molecule has 3 heteroatoms. The molecule has 0 amide bonds. The Hall–Kier alpha value is -0.795. The molecule has 1 aliphatic rings. The molecule has 0 radical (unpaired) electrons. The van der Waals surface area contributed by atoms with Crippen molar-refractivity contribution in [1.82, 2.24) is 5.23 Å². The Kier molecular flexibility index (Phi) is 2.38. The van der Waals surface area contributed by atoms with Crippen LogP contribution in [0.1, 0.15) is 18.6 Å². The Morgan fingerprint density at radius 3 is 2.54 bits per heavy atom. The van der Waals surface area contributed by atoms with Gasteiger partial charge in [0.2, 0.25) is 0 Å². The minimum atomic E-state index is 0.167. The van der Waals surface area contributed by atoms with Crippen molar-refractivity contribution in [3.63, 3.8) is 0 Å². The van der Waals surface area contributed by atoms with Gasteiger partial charge in [-0.3, -0.25) is 0 Å². The first-order chi connectivity index (χ1) is 6.27. The van der Waals surface area contributed by atoms with Gasteiger partial charge < -0.3 is 9.88 Å². The van der Waals surface area contributed by atoms with Gasteiger partial charge in [-0.2, -0.15) is 0 Å². The molecule has 1 aromatic rings. The fourth-order valence-electron chi connectivity index (χ4n) is 1.84. The van der Waals surface area contributed by atoms with Gasteiger partial charge in [0, 0.05) is 6.04 Å². The summed E-state index contributed by atoms with van der Waals surface area (Å²) in [6, 6.07) is 10.8. The summed E-state index contributed by atoms with van der Waals surface area (Å²) >= 11 is 0. The van der Waals surface area contributed by atoms with Crippen LogP contribution in [-0.4, -0.2) is 13.1 Å². The van der Waals surface area contributed by atoms with Crippen molar-refractivity contribution >= 4 is 7.05 Å². The third kappa shape index (κ3) is 1.76. The van der Waals surface area contributed by atoms with Crippen LogP contribution in [-0.2, 0) is 4.65 Å². The monoisotopic (exact) mass is 175 g/mol. The molecule has 2 atom stereocenters. The first-order valence-corrected chi connectivity index (χ1v) is 4.74. The summed E-state index contributed by atoms with van der Waals surface area (Å²) in [5.74, 6) is 0. The second-order valence-electron chi connectivity index (χ2n) is 3.56. The fourth-order valence-corrected chi connectivity index (χ4v) is 1.84. The van der Waals surface area contributed by atoms with Gasteiger partial charge in [0.15, 0.2) is 0 Å². The van der Waals surface area contributed by atoms with Crippen molar-refractivity contribution in [3.05, 3.63) is 35.9 Å². The molecule has 0 bridgehead atoms. The minimum absolute atomic E-state index is 0.167. The molecule has 0 saturated carbocycles. The highest BCUT2D eigenvalue weighted by Crippen LogP contribution is 2.25. The van der Waals surface area contributed by atoms with E-state index in [9.17, 15) is 0 Å². The van der Waals surface area contributed by atoms with E-state index in [-0.39, 0.29) is 13.2 Å². The fraction of sp³-hybridized carbons (Fsp3) is 0.400. The van der Waals surface area contributed by atoms with E-state index in [1.807, 2.05) is 12.9 Å². The lowest BCUT2D eigenvalue weighted by Crippen LogP contribution is -2.29. The van der Waals surface area contributed by atoms with Crippen molar-refractivity contribution in [3.8, 4) is 0 Å². The molecule has 1 heterocycles. The number of hydrogen-bond donors (Lipinski definition) is 1. The molecule has 0 aliphatic carbocycles. The Labute approximate surface area is 79.4 Å². The maximum Gasteiger partial charge on any atom is 0.377 e. The van der Waals surface area contributed by atoms with Crippen molar-refractivity contribution < 1.29 is 4.65 Å². The summed E-state index contributed by atoms with van der Waals surface area (Å²) in [5.41, 5.74) is 1.26. The summed E-state index contributed by atoms with van der Waals surface area (Å²) in [7, 11) is 0.167. The summed E-state index contributed by atoms with van der Waals surface area (Å²) in [6.07, 6.45) is 0.205. The quantitative estimate of drug-likeness (QED) is 0.657. The second-order valence-corrected chi connectivity index (χ2v) is 3.56. The van der Waals surface area contributed by atoms with E-state index in [0.717, 1.165) is 0 Å². The number of nitrogens with one attached hydrogen (secondary N) is 1.